The summed E-state index contributed by atoms with van der Waals surface area (Å²) in [5.41, 5.74) is 6.57. The van der Waals surface area contributed by atoms with Gasteiger partial charge in [0.05, 0.1) is 7.11 Å². The van der Waals surface area contributed by atoms with Crippen LogP contribution in [0.1, 0.15) is 13.3 Å². The molecule has 112 valence electrons. The van der Waals surface area contributed by atoms with E-state index in [1.54, 1.807) is 26.1 Å². The van der Waals surface area contributed by atoms with Gasteiger partial charge in [0, 0.05) is 32.4 Å². The Bertz CT molecular complexity index is 435. The summed E-state index contributed by atoms with van der Waals surface area (Å²) < 4.78 is 5.25. The zero-order chi connectivity index (χ0) is 15.1. The van der Waals surface area contributed by atoms with Crippen molar-refractivity contribution in [2.45, 2.75) is 19.4 Å². The highest BCUT2D eigenvalue weighted by Gasteiger charge is 2.22. The van der Waals surface area contributed by atoms with Crippen molar-refractivity contribution < 1.29 is 9.53 Å². The van der Waals surface area contributed by atoms with Crippen LogP contribution in [-0.4, -0.2) is 51.1 Å². The predicted octanol–water partition coefficient (Wildman–Crippen LogP) is 1.33. The Morgan fingerprint density at radius 3 is 2.65 bits per heavy atom. The average molecular weight is 279 g/mol. The van der Waals surface area contributed by atoms with Gasteiger partial charge in [0.15, 0.2) is 0 Å². The Morgan fingerprint density at radius 1 is 1.40 bits per heavy atom. The van der Waals surface area contributed by atoms with Crippen LogP contribution in [0.2, 0.25) is 0 Å². The molecule has 0 spiro atoms. The topological polar surface area (TPSA) is 58.8 Å². The van der Waals surface area contributed by atoms with E-state index in [0.29, 0.717) is 6.54 Å². The van der Waals surface area contributed by atoms with Gasteiger partial charge in [-0.1, -0.05) is 6.07 Å². The van der Waals surface area contributed by atoms with Crippen molar-refractivity contribution in [1.29, 1.82) is 0 Å². The molecule has 0 saturated heterocycles. The van der Waals surface area contributed by atoms with E-state index in [2.05, 4.69) is 4.90 Å². The minimum Gasteiger partial charge on any atom is -0.497 e. The Morgan fingerprint density at radius 2 is 2.10 bits per heavy atom. The Balaban J connectivity index is 3.01. The Labute approximate surface area is 121 Å². The summed E-state index contributed by atoms with van der Waals surface area (Å²) in [5.74, 6) is 0.856. The number of hydrogen-bond acceptors (Lipinski definition) is 4. The van der Waals surface area contributed by atoms with Gasteiger partial charge in [-0.25, -0.2) is 0 Å². The zero-order valence-corrected chi connectivity index (χ0v) is 12.8. The molecule has 0 bridgehead atoms. The van der Waals surface area contributed by atoms with Crippen LogP contribution in [-0.2, 0) is 4.79 Å². The van der Waals surface area contributed by atoms with Gasteiger partial charge in [-0.3, -0.25) is 4.79 Å². The molecule has 0 fully saturated rings. The van der Waals surface area contributed by atoms with Crippen molar-refractivity contribution in [2.24, 2.45) is 5.73 Å². The maximum Gasteiger partial charge on any atom is 0.244 e. The van der Waals surface area contributed by atoms with Crippen LogP contribution in [0.15, 0.2) is 24.3 Å². The highest BCUT2D eigenvalue weighted by molar-refractivity contribution is 5.84. The number of likely N-dealkylation sites (N-methyl/N-ethyl adjacent to an activating group) is 1. The summed E-state index contributed by atoms with van der Waals surface area (Å²) in [4.78, 5) is 15.9. The molecular weight excluding hydrogens is 254 g/mol. The fraction of sp³-hybridized carbons (Fsp3) is 0.533. The summed E-state index contributed by atoms with van der Waals surface area (Å²) in [6.07, 6.45) is 0.836. The Kier molecular flexibility index (Phi) is 6.31. The first kappa shape index (κ1) is 16.3. The van der Waals surface area contributed by atoms with Gasteiger partial charge in [0.2, 0.25) is 5.91 Å². The summed E-state index contributed by atoms with van der Waals surface area (Å²) in [5, 5.41) is 0. The quantitative estimate of drug-likeness (QED) is 0.818. The van der Waals surface area contributed by atoms with Crippen LogP contribution >= 0.6 is 0 Å². The number of rotatable bonds is 7. The number of carbonyl (C=O) groups excluding carboxylic acids is 1. The predicted molar refractivity (Wildman–Crippen MR) is 82.2 cm³/mol. The van der Waals surface area contributed by atoms with Crippen LogP contribution in [0.5, 0.6) is 5.75 Å². The number of carbonyl (C=O) groups is 1. The molecule has 0 aromatic heterocycles. The standard InChI is InChI=1S/C15H25N3O2/c1-12(15(19)17(2)3)18(10-6-9-16)13-7-5-8-14(11-13)20-4/h5,7-8,11-12H,6,9-10,16H2,1-4H3. The number of methoxy groups -OCH3 is 1. The molecule has 1 unspecified atom stereocenters. The molecule has 1 aromatic carbocycles. The first-order valence-electron chi connectivity index (χ1n) is 6.83. The van der Waals surface area contributed by atoms with Gasteiger partial charge in [-0.2, -0.15) is 0 Å². The number of nitrogens with zero attached hydrogens (tertiary/aromatic N) is 2. The molecule has 1 aromatic rings. The van der Waals surface area contributed by atoms with Crippen LogP contribution in [0, 0.1) is 0 Å². The lowest BCUT2D eigenvalue weighted by Crippen LogP contribution is -2.45. The third kappa shape index (κ3) is 4.13. The van der Waals surface area contributed by atoms with Gasteiger partial charge in [0.1, 0.15) is 11.8 Å². The highest BCUT2D eigenvalue weighted by Crippen LogP contribution is 2.23. The molecule has 0 aliphatic rings. The molecule has 2 N–H and O–H groups in total. The maximum atomic E-state index is 12.2. The molecule has 0 heterocycles. The molecule has 5 heteroatoms. The first-order valence-corrected chi connectivity index (χ1v) is 6.83. The molecule has 1 amide bonds. The fourth-order valence-electron chi connectivity index (χ4n) is 2.10. The van der Waals surface area contributed by atoms with Crippen LogP contribution < -0.4 is 15.4 Å². The minimum atomic E-state index is -0.233. The second-order valence-electron chi connectivity index (χ2n) is 4.95. The number of hydrogen-bond donors (Lipinski definition) is 1. The smallest absolute Gasteiger partial charge is 0.244 e. The van der Waals surface area contributed by atoms with Gasteiger partial charge in [0.25, 0.3) is 0 Å². The van der Waals surface area contributed by atoms with Crippen molar-refractivity contribution in [3.8, 4) is 5.75 Å². The zero-order valence-electron chi connectivity index (χ0n) is 12.8. The van der Waals surface area contributed by atoms with Gasteiger partial charge in [-0.05, 0) is 32.0 Å². The van der Waals surface area contributed by atoms with E-state index in [9.17, 15) is 4.79 Å². The molecule has 0 aliphatic carbocycles. The summed E-state index contributed by atoms with van der Waals surface area (Å²) in [7, 11) is 5.18. The first-order chi connectivity index (χ1) is 9.51. The maximum absolute atomic E-state index is 12.2. The van der Waals surface area contributed by atoms with E-state index in [4.69, 9.17) is 10.5 Å². The number of amides is 1. The van der Waals surface area contributed by atoms with Gasteiger partial charge < -0.3 is 20.3 Å². The summed E-state index contributed by atoms with van der Waals surface area (Å²) in [6, 6.07) is 7.51. The second-order valence-corrected chi connectivity index (χ2v) is 4.95. The Hall–Kier alpha value is -1.75. The van der Waals surface area contributed by atoms with E-state index in [1.807, 2.05) is 31.2 Å². The molecule has 0 saturated carbocycles. The van der Waals surface area contributed by atoms with E-state index < -0.39 is 0 Å². The van der Waals surface area contributed by atoms with Crippen LogP contribution in [0.4, 0.5) is 5.69 Å². The molecule has 20 heavy (non-hydrogen) atoms. The largest absolute Gasteiger partial charge is 0.497 e. The van der Waals surface area contributed by atoms with Crippen molar-refractivity contribution in [1.82, 2.24) is 4.90 Å². The van der Waals surface area contributed by atoms with Crippen LogP contribution in [0.25, 0.3) is 0 Å². The summed E-state index contributed by atoms with van der Waals surface area (Å²) >= 11 is 0. The number of nitrogens with two attached hydrogens (primary N) is 1. The number of ether oxygens (including phenoxy) is 1. The lowest BCUT2D eigenvalue weighted by Gasteiger charge is -2.32. The number of anilines is 1. The number of benzene rings is 1. The molecule has 0 radical (unpaired) electrons. The van der Waals surface area contributed by atoms with Gasteiger partial charge in [-0.15, -0.1) is 0 Å². The SMILES string of the molecule is COc1cccc(N(CCCN)C(C)C(=O)N(C)C)c1. The second kappa shape index (κ2) is 7.75. The molecule has 5 nitrogen and oxygen atoms in total. The van der Waals surface area contributed by atoms with E-state index in [1.165, 1.54) is 0 Å². The van der Waals surface area contributed by atoms with E-state index >= 15 is 0 Å². The van der Waals surface area contributed by atoms with Crippen molar-refractivity contribution in [3.63, 3.8) is 0 Å². The van der Waals surface area contributed by atoms with Gasteiger partial charge >= 0.3 is 0 Å². The normalized spacial score (nSPS) is 11.8. The van der Waals surface area contributed by atoms with E-state index in [-0.39, 0.29) is 11.9 Å². The van der Waals surface area contributed by atoms with Crippen molar-refractivity contribution >= 4 is 11.6 Å². The third-order valence-corrected chi connectivity index (χ3v) is 3.25. The van der Waals surface area contributed by atoms with Crippen molar-refractivity contribution in [2.75, 3.05) is 39.2 Å². The molecule has 1 atom stereocenters. The fourth-order valence-corrected chi connectivity index (χ4v) is 2.10. The lowest BCUT2D eigenvalue weighted by molar-refractivity contribution is -0.129. The third-order valence-electron chi connectivity index (χ3n) is 3.25. The van der Waals surface area contributed by atoms with Crippen LogP contribution in [0.3, 0.4) is 0 Å². The lowest BCUT2D eigenvalue weighted by atomic mass is 10.2. The molecular formula is C15H25N3O2. The summed E-state index contributed by atoms with van der Waals surface area (Å²) in [6.45, 7) is 3.26. The molecule has 1 rings (SSSR count). The highest BCUT2D eigenvalue weighted by atomic mass is 16.5. The van der Waals surface area contributed by atoms with Crippen molar-refractivity contribution in [3.05, 3.63) is 24.3 Å². The van der Waals surface area contributed by atoms with E-state index in [0.717, 1.165) is 24.4 Å². The molecule has 0 aliphatic heterocycles. The average Bonchev–Trinajstić information content (AvgIpc) is 2.46. The monoisotopic (exact) mass is 279 g/mol. The minimum absolute atomic E-state index is 0.0739.